The van der Waals surface area contributed by atoms with Crippen molar-refractivity contribution in [2.45, 2.75) is 23.8 Å². The molecule has 19 heavy (non-hydrogen) atoms. The van der Waals surface area contributed by atoms with Crippen LogP contribution in [0.5, 0.6) is 0 Å². The minimum absolute atomic E-state index is 0.00273. The summed E-state index contributed by atoms with van der Waals surface area (Å²) < 4.78 is 26.2. The molecule has 2 rings (SSSR count). The van der Waals surface area contributed by atoms with Gasteiger partial charge in [0.05, 0.1) is 27.2 Å². The van der Waals surface area contributed by atoms with E-state index in [0.29, 0.717) is 13.0 Å². The maximum atomic E-state index is 12.5. The van der Waals surface area contributed by atoms with E-state index in [2.05, 4.69) is 0 Å². The van der Waals surface area contributed by atoms with Crippen molar-refractivity contribution in [3.63, 3.8) is 0 Å². The third-order valence-corrected chi connectivity index (χ3v) is 5.75. The van der Waals surface area contributed by atoms with Crippen molar-refractivity contribution in [1.29, 1.82) is 0 Å². The molecule has 5 nitrogen and oxygen atoms in total. The van der Waals surface area contributed by atoms with Crippen LogP contribution in [0.4, 0.5) is 5.69 Å². The van der Waals surface area contributed by atoms with Crippen molar-refractivity contribution >= 4 is 38.9 Å². The first-order valence-electron chi connectivity index (χ1n) is 5.75. The number of aliphatic hydroxyl groups is 1. The molecule has 1 atom stereocenters. The Kier molecular flexibility index (Phi) is 4.27. The first-order valence-corrected chi connectivity index (χ1v) is 7.94. The van der Waals surface area contributed by atoms with Gasteiger partial charge in [0.2, 0.25) is 10.0 Å². The van der Waals surface area contributed by atoms with Crippen LogP contribution in [0.1, 0.15) is 12.8 Å². The second kappa shape index (κ2) is 5.46. The second-order valence-electron chi connectivity index (χ2n) is 4.39. The number of halogens is 2. The van der Waals surface area contributed by atoms with Gasteiger partial charge in [-0.3, -0.25) is 0 Å². The van der Waals surface area contributed by atoms with Crippen molar-refractivity contribution in [2.75, 3.05) is 18.9 Å². The van der Waals surface area contributed by atoms with Crippen LogP contribution in [0.3, 0.4) is 0 Å². The van der Waals surface area contributed by atoms with E-state index in [9.17, 15) is 13.5 Å². The number of aliphatic hydroxyl groups excluding tert-OH is 1. The van der Waals surface area contributed by atoms with Crippen molar-refractivity contribution in [1.82, 2.24) is 4.31 Å². The van der Waals surface area contributed by atoms with Gasteiger partial charge in [-0.2, -0.15) is 4.31 Å². The summed E-state index contributed by atoms with van der Waals surface area (Å²) >= 11 is 11.7. The summed E-state index contributed by atoms with van der Waals surface area (Å²) in [6, 6.07) is 2.18. The van der Waals surface area contributed by atoms with Gasteiger partial charge in [-0.05, 0) is 25.0 Å². The molecule has 1 aliphatic heterocycles. The smallest absolute Gasteiger partial charge is 0.243 e. The molecule has 0 unspecified atom stereocenters. The SMILES string of the molecule is Nc1c(Cl)cc(S(=O)(=O)N2CCC[C@@H]2CO)cc1Cl. The maximum Gasteiger partial charge on any atom is 0.243 e. The van der Waals surface area contributed by atoms with Crippen LogP contribution in [0.15, 0.2) is 17.0 Å². The summed E-state index contributed by atoms with van der Waals surface area (Å²) in [6.45, 7) is 0.183. The Balaban J connectivity index is 2.45. The summed E-state index contributed by atoms with van der Waals surface area (Å²) in [5.41, 5.74) is 5.74. The average molecular weight is 325 g/mol. The molecule has 1 fully saturated rings. The molecule has 0 bridgehead atoms. The van der Waals surface area contributed by atoms with Gasteiger partial charge in [0.25, 0.3) is 0 Å². The number of nitrogens with two attached hydrogens (primary N) is 1. The lowest BCUT2D eigenvalue weighted by Crippen LogP contribution is -2.37. The molecule has 1 aromatic rings. The highest BCUT2D eigenvalue weighted by atomic mass is 35.5. The highest BCUT2D eigenvalue weighted by molar-refractivity contribution is 7.89. The lowest BCUT2D eigenvalue weighted by atomic mass is 10.2. The zero-order chi connectivity index (χ0) is 14.2. The predicted molar refractivity (Wildman–Crippen MR) is 74.9 cm³/mol. The molecule has 0 spiro atoms. The molecule has 8 heteroatoms. The Morgan fingerprint density at radius 2 is 1.95 bits per heavy atom. The number of hydrogen-bond acceptors (Lipinski definition) is 4. The summed E-state index contributed by atoms with van der Waals surface area (Å²) in [5, 5.41) is 9.43. The lowest BCUT2D eigenvalue weighted by Gasteiger charge is -2.22. The fraction of sp³-hybridized carbons (Fsp3) is 0.455. The van der Waals surface area contributed by atoms with Crippen LogP contribution in [0, 0.1) is 0 Å². The van der Waals surface area contributed by atoms with E-state index in [0.717, 1.165) is 6.42 Å². The maximum absolute atomic E-state index is 12.5. The van der Waals surface area contributed by atoms with Gasteiger partial charge < -0.3 is 10.8 Å². The van der Waals surface area contributed by atoms with Gasteiger partial charge in [-0.1, -0.05) is 23.2 Å². The Morgan fingerprint density at radius 1 is 1.37 bits per heavy atom. The molecule has 0 saturated carbocycles. The van der Waals surface area contributed by atoms with Crippen molar-refractivity contribution in [3.8, 4) is 0 Å². The topological polar surface area (TPSA) is 83.6 Å². The van der Waals surface area contributed by atoms with E-state index >= 15 is 0 Å². The van der Waals surface area contributed by atoms with Crippen LogP contribution in [0.2, 0.25) is 10.0 Å². The molecular weight excluding hydrogens is 311 g/mol. The van der Waals surface area contributed by atoms with Crippen molar-refractivity contribution in [2.24, 2.45) is 0 Å². The predicted octanol–water partition coefficient (Wildman–Crippen LogP) is 1.72. The van der Waals surface area contributed by atoms with Crippen molar-refractivity contribution < 1.29 is 13.5 Å². The van der Waals surface area contributed by atoms with E-state index in [-0.39, 0.29) is 33.3 Å². The minimum atomic E-state index is -3.71. The molecule has 0 radical (unpaired) electrons. The first kappa shape index (κ1) is 14.9. The molecule has 0 aliphatic carbocycles. The summed E-state index contributed by atoms with van der Waals surface area (Å²) in [5.74, 6) is 0. The summed E-state index contributed by atoms with van der Waals surface area (Å²) in [7, 11) is -3.71. The highest BCUT2D eigenvalue weighted by Gasteiger charge is 2.35. The highest BCUT2D eigenvalue weighted by Crippen LogP contribution is 2.33. The van der Waals surface area contributed by atoms with Crippen molar-refractivity contribution in [3.05, 3.63) is 22.2 Å². The van der Waals surface area contributed by atoms with Gasteiger partial charge in [-0.25, -0.2) is 8.42 Å². The molecule has 1 heterocycles. The van der Waals surface area contributed by atoms with Crippen LogP contribution in [0.25, 0.3) is 0 Å². The first-order chi connectivity index (χ1) is 8.87. The number of anilines is 1. The lowest BCUT2D eigenvalue weighted by molar-refractivity contribution is 0.213. The van der Waals surface area contributed by atoms with E-state index in [1.165, 1.54) is 16.4 Å². The third-order valence-electron chi connectivity index (χ3n) is 3.19. The van der Waals surface area contributed by atoms with Crippen LogP contribution in [-0.2, 0) is 10.0 Å². The zero-order valence-corrected chi connectivity index (χ0v) is 12.3. The van der Waals surface area contributed by atoms with Crippen LogP contribution < -0.4 is 5.73 Å². The monoisotopic (exact) mass is 324 g/mol. The van der Waals surface area contributed by atoms with Gasteiger partial charge >= 0.3 is 0 Å². The number of benzene rings is 1. The van der Waals surface area contributed by atoms with Gasteiger partial charge in [0, 0.05) is 12.6 Å². The normalized spacial score (nSPS) is 20.9. The Bertz CT molecular complexity index is 569. The largest absolute Gasteiger partial charge is 0.396 e. The Hall–Kier alpha value is -0.530. The fourth-order valence-corrected chi connectivity index (χ4v) is 4.51. The Morgan fingerprint density at radius 3 is 2.47 bits per heavy atom. The van der Waals surface area contributed by atoms with Gasteiger partial charge in [0.1, 0.15) is 0 Å². The Labute approximate surface area is 122 Å². The number of hydrogen-bond donors (Lipinski definition) is 2. The van der Waals surface area contributed by atoms with E-state index in [1.54, 1.807) is 0 Å². The van der Waals surface area contributed by atoms with Crippen LogP contribution >= 0.6 is 23.2 Å². The summed E-state index contributed by atoms with van der Waals surface area (Å²) in [4.78, 5) is -0.00273. The number of rotatable bonds is 3. The number of sulfonamides is 1. The number of nitrogens with zero attached hydrogens (tertiary/aromatic N) is 1. The van der Waals surface area contributed by atoms with E-state index in [4.69, 9.17) is 28.9 Å². The van der Waals surface area contributed by atoms with E-state index < -0.39 is 10.0 Å². The fourth-order valence-electron chi connectivity index (χ4n) is 2.15. The molecule has 0 amide bonds. The third kappa shape index (κ3) is 2.68. The molecule has 1 saturated heterocycles. The number of nitrogen functional groups attached to an aromatic ring is 1. The van der Waals surface area contributed by atoms with Crippen LogP contribution in [-0.4, -0.2) is 37.0 Å². The van der Waals surface area contributed by atoms with Gasteiger partial charge in [0.15, 0.2) is 0 Å². The van der Waals surface area contributed by atoms with Gasteiger partial charge in [-0.15, -0.1) is 0 Å². The van der Waals surface area contributed by atoms with E-state index in [1.807, 2.05) is 0 Å². The molecule has 3 N–H and O–H groups in total. The average Bonchev–Trinajstić information content (AvgIpc) is 2.84. The molecular formula is C11H14Cl2N2O3S. The molecule has 1 aliphatic rings. The minimum Gasteiger partial charge on any atom is -0.396 e. The second-order valence-corrected chi connectivity index (χ2v) is 7.10. The summed E-state index contributed by atoms with van der Waals surface area (Å²) in [6.07, 6.45) is 1.37. The zero-order valence-electron chi connectivity index (χ0n) is 10.0. The molecule has 1 aromatic carbocycles. The molecule has 106 valence electrons. The quantitative estimate of drug-likeness (QED) is 0.829. The standard InChI is InChI=1S/C11H14Cl2N2O3S/c12-9-4-8(5-10(13)11(9)14)19(17,18)15-3-1-2-7(15)6-16/h4-5,7,16H,1-3,6,14H2/t7-/m1/s1. The molecule has 0 aromatic heterocycles.